The summed E-state index contributed by atoms with van der Waals surface area (Å²) >= 11 is 0. The SMILES string of the molecule is O=C(Nc1cccc(Oc2cccc3[nH]c(=O)[nH]c23)c1)c1cccc(OC(F)(F)F)c1. The summed E-state index contributed by atoms with van der Waals surface area (Å²) in [5.74, 6) is -0.342. The molecule has 4 rings (SSSR count). The van der Waals surface area contributed by atoms with Gasteiger partial charge in [-0.15, -0.1) is 13.2 Å². The topological polar surface area (TPSA) is 96.2 Å². The zero-order chi connectivity index (χ0) is 22.0. The van der Waals surface area contributed by atoms with Crippen molar-refractivity contribution >= 4 is 22.6 Å². The Kier molecular flexibility index (Phi) is 5.12. The largest absolute Gasteiger partial charge is 0.573 e. The molecule has 0 spiro atoms. The number of fused-ring (bicyclic) bond motifs is 1. The molecule has 0 radical (unpaired) electrons. The molecule has 3 N–H and O–H groups in total. The number of amides is 1. The van der Waals surface area contributed by atoms with E-state index in [0.717, 1.165) is 12.1 Å². The van der Waals surface area contributed by atoms with Crippen molar-refractivity contribution in [2.24, 2.45) is 0 Å². The van der Waals surface area contributed by atoms with E-state index in [2.05, 4.69) is 20.0 Å². The molecule has 3 aromatic carbocycles. The van der Waals surface area contributed by atoms with Crippen molar-refractivity contribution < 1.29 is 27.4 Å². The van der Waals surface area contributed by atoms with Gasteiger partial charge in [-0.2, -0.15) is 0 Å². The third kappa shape index (κ3) is 4.86. The van der Waals surface area contributed by atoms with Gasteiger partial charge < -0.3 is 24.8 Å². The minimum atomic E-state index is -4.85. The van der Waals surface area contributed by atoms with E-state index in [1.165, 1.54) is 18.2 Å². The Morgan fingerprint density at radius 1 is 0.903 bits per heavy atom. The molecular weight excluding hydrogens is 415 g/mol. The number of ether oxygens (including phenoxy) is 2. The highest BCUT2D eigenvalue weighted by Gasteiger charge is 2.31. The van der Waals surface area contributed by atoms with Gasteiger partial charge in [0.25, 0.3) is 5.91 Å². The lowest BCUT2D eigenvalue weighted by Crippen LogP contribution is -2.18. The van der Waals surface area contributed by atoms with Crippen molar-refractivity contribution in [1.82, 2.24) is 9.97 Å². The molecule has 158 valence electrons. The van der Waals surface area contributed by atoms with E-state index in [1.54, 1.807) is 36.4 Å². The monoisotopic (exact) mass is 429 g/mol. The smallest absolute Gasteiger partial charge is 0.455 e. The van der Waals surface area contributed by atoms with E-state index in [0.29, 0.717) is 28.2 Å². The Bertz CT molecular complexity index is 1310. The molecule has 7 nitrogen and oxygen atoms in total. The van der Waals surface area contributed by atoms with E-state index >= 15 is 0 Å². The predicted octanol–water partition coefficient (Wildman–Crippen LogP) is 4.80. The van der Waals surface area contributed by atoms with Crippen LogP contribution in [-0.2, 0) is 0 Å². The summed E-state index contributed by atoms with van der Waals surface area (Å²) in [5, 5.41) is 2.60. The number of para-hydroxylation sites is 1. The average Bonchev–Trinajstić information content (AvgIpc) is 3.08. The quantitative estimate of drug-likeness (QED) is 0.425. The summed E-state index contributed by atoms with van der Waals surface area (Å²) in [6.07, 6.45) is -4.85. The fourth-order valence-electron chi connectivity index (χ4n) is 2.92. The van der Waals surface area contributed by atoms with Crippen molar-refractivity contribution in [2.45, 2.75) is 6.36 Å². The lowest BCUT2D eigenvalue weighted by Gasteiger charge is -2.11. The Balaban J connectivity index is 1.52. The number of hydrogen-bond donors (Lipinski definition) is 3. The number of halogens is 3. The molecule has 0 aliphatic heterocycles. The maximum absolute atomic E-state index is 12.4. The highest BCUT2D eigenvalue weighted by atomic mass is 19.4. The molecule has 1 heterocycles. The third-order valence-corrected chi connectivity index (χ3v) is 4.16. The van der Waals surface area contributed by atoms with E-state index in [-0.39, 0.29) is 11.3 Å². The number of anilines is 1. The number of hydrogen-bond acceptors (Lipinski definition) is 4. The second kappa shape index (κ2) is 7.90. The molecule has 0 saturated carbocycles. The number of imidazole rings is 1. The highest BCUT2D eigenvalue weighted by Crippen LogP contribution is 2.29. The molecule has 0 unspecified atom stereocenters. The zero-order valence-electron chi connectivity index (χ0n) is 15.6. The van der Waals surface area contributed by atoms with Crippen molar-refractivity contribution in [2.75, 3.05) is 5.32 Å². The minimum absolute atomic E-state index is 0.0114. The minimum Gasteiger partial charge on any atom is -0.455 e. The Hall–Kier alpha value is -4.21. The van der Waals surface area contributed by atoms with Crippen molar-refractivity contribution in [3.8, 4) is 17.2 Å². The van der Waals surface area contributed by atoms with Gasteiger partial charge in [-0.1, -0.05) is 18.2 Å². The number of alkyl halides is 3. The number of rotatable bonds is 5. The van der Waals surface area contributed by atoms with E-state index < -0.39 is 18.0 Å². The van der Waals surface area contributed by atoms with Crippen LogP contribution in [0.3, 0.4) is 0 Å². The molecule has 0 bridgehead atoms. The van der Waals surface area contributed by atoms with Crippen LogP contribution in [0.1, 0.15) is 10.4 Å². The third-order valence-electron chi connectivity index (χ3n) is 4.16. The standard InChI is InChI=1S/C21H14F3N3O4/c22-21(23,24)31-15-7-1-4-12(10-15)19(28)25-13-5-2-6-14(11-13)30-17-9-3-8-16-18(17)27-20(29)26-16/h1-11H,(H,25,28)(H2,26,27,29). The van der Waals surface area contributed by atoms with Crippen molar-refractivity contribution in [3.63, 3.8) is 0 Å². The first-order chi connectivity index (χ1) is 14.8. The van der Waals surface area contributed by atoms with Crippen molar-refractivity contribution in [1.29, 1.82) is 0 Å². The number of aromatic nitrogens is 2. The van der Waals surface area contributed by atoms with E-state index in [4.69, 9.17) is 4.74 Å². The van der Waals surface area contributed by atoms with Crippen LogP contribution in [0.25, 0.3) is 11.0 Å². The molecule has 0 saturated heterocycles. The van der Waals surface area contributed by atoms with E-state index in [1.807, 2.05) is 0 Å². The molecule has 4 aromatic rings. The maximum Gasteiger partial charge on any atom is 0.573 e. The molecule has 0 aliphatic rings. The van der Waals surface area contributed by atoms with Crippen LogP contribution in [0.5, 0.6) is 17.2 Å². The van der Waals surface area contributed by atoms with E-state index in [9.17, 15) is 22.8 Å². The second-order valence-electron chi connectivity index (χ2n) is 6.42. The molecule has 1 amide bonds. The molecular formula is C21H14F3N3O4. The number of aromatic amines is 2. The van der Waals surface area contributed by atoms with Crippen LogP contribution in [0.4, 0.5) is 18.9 Å². The van der Waals surface area contributed by atoms with Gasteiger partial charge >= 0.3 is 12.1 Å². The summed E-state index contributed by atoms with van der Waals surface area (Å²) in [6, 6.07) is 16.3. The highest BCUT2D eigenvalue weighted by molar-refractivity contribution is 6.04. The normalized spacial score (nSPS) is 11.3. The molecule has 0 fully saturated rings. The summed E-state index contributed by atoms with van der Waals surface area (Å²) in [4.78, 5) is 29.2. The first-order valence-corrected chi connectivity index (χ1v) is 8.93. The molecule has 10 heteroatoms. The lowest BCUT2D eigenvalue weighted by molar-refractivity contribution is -0.274. The molecule has 1 aromatic heterocycles. The Morgan fingerprint density at radius 2 is 1.65 bits per heavy atom. The summed E-state index contributed by atoms with van der Waals surface area (Å²) in [6.45, 7) is 0. The molecule has 0 atom stereocenters. The first kappa shape index (κ1) is 20.1. The summed E-state index contributed by atoms with van der Waals surface area (Å²) in [7, 11) is 0. The number of carbonyl (C=O) groups is 1. The van der Waals surface area contributed by atoms with Crippen LogP contribution in [0.15, 0.2) is 71.5 Å². The number of H-pyrrole nitrogens is 2. The van der Waals surface area contributed by atoms with Gasteiger partial charge in [-0.3, -0.25) is 4.79 Å². The van der Waals surface area contributed by atoms with Gasteiger partial charge in [-0.25, -0.2) is 4.79 Å². The predicted molar refractivity (Wildman–Crippen MR) is 107 cm³/mol. The first-order valence-electron chi connectivity index (χ1n) is 8.93. The zero-order valence-corrected chi connectivity index (χ0v) is 15.6. The summed E-state index contributed by atoms with van der Waals surface area (Å²) in [5.41, 5.74) is 1.04. The maximum atomic E-state index is 12.4. The van der Waals surface area contributed by atoms with Gasteiger partial charge in [-0.05, 0) is 42.5 Å². The van der Waals surface area contributed by atoms with Gasteiger partial charge in [0.1, 0.15) is 17.0 Å². The van der Waals surface area contributed by atoms with Crippen LogP contribution >= 0.6 is 0 Å². The summed E-state index contributed by atoms with van der Waals surface area (Å²) < 4.78 is 46.8. The van der Waals surface area contributed by atoms with Crippen molar-refractivity contribution in [3.05, 3.63) is 82.8 Å². The van der Waals surface area contributed by atoms with Crippen LogP contribution in [0, 0.1) is 0 Å². The Morgan fingerprint density at radius 3 is 2.45 bits per heavy atom. The lowest BCUT2D eigenvalue weighted by atomic mass is 10.2. The van der Waals surface area contributed by atoms with Gasteiger partial charge in [0.15, 0.2) is 5.75 Å². The van der Waals surface area contributed by atoms with Gasteiger partial charge in [0.2, 0.25) is 0 Å². The number of nitrogens with one attached hydrogen (secondary N) is 3. The average molecular weight is 429 g/mol. The fourth-order valence-corrected chi connectivity index (χ4v) is 2.92. The number of benzene rings is 3. The number of carbonyl (C=O) groups excluding carboxylic acids is 1. The van der Waals surface area contributed by atoms with Gasteiger partial charge in [0, 0.05) is 17.3 Å². The van der Waals surface area contributed by atoms with Crippen LogP contribution < -0.4 is 20.5 Å². The van der Waals surface area contributed by atoms with Crippen LogP contribution in [0.2, 0.25) is 0 Å². The molecule has 0 aliphatic carbocycles. The van der Waals surface area contributed by atoms with Crippen LogP contribution in [-0.4, -0.2) is 22.2 Å². The second-order valence-corrected chi connectivity index (χ2v) is 6.42. The Labute approximate surface area is 172 Å². The molecule has 31 heavy (non-hydrogen) atoms. The fraction of sp³-hybridized carbons (Fsp3) is 0.0476. The van der Waals surface area contributed by atoms with Gasteiger partial charge in [0.05, 0.1) is 5.52 Å².